The summed E-state index contributed by atoms with van der Waals surface area (Å²) >= 11 is 0. The Balaban J connectivity index is 4.34. The molecule has 0 fully saturated rings. The van der Waals surface area contributed by atoms with Gasteiger partial charge in [-0.3, -0.25) is 19.2 Å². The van der Waals surface area contributed by atoms with Crippen molar-refractivity contribution in [3.63, 3.8) is 0 Å². The molecule has 0 saturated carbocycles. The number of hydrogen-bond donors (Lipinski definition) is 0. The SMILES string of the molecule is O=COCC(OC=O)C(COC=O)OC=O. The van der Waals surface area contributed by atoms with Gasteiger partial charge in [0.2, 0.25) is 0 Å². The second kappa shape index (κ2) is 9.44. The van der Waals surface area contributed by atoms with Crippen molar-refractivity contribution in [2.45, 2.75) is 12.2 Å². The maximum atomic E-state index is 10.1. The van der Waals surface area contributed by atoms with Gasteiger partial charge in [0, 0.05) is 0 Å². The molecule has 0 bridgehead atoms. The van der Waals surface area contributed by atoms with Gasteiger partial charge in [0.05, 0.1) is 0 Å². The van der Waals surface area contributed by atoms with E-state index in [2.05, 4.69) is 18.9 Å². The molecule has 8 heteroatoms. The van der Waals surface area contributed by atoms with Gasteiger partial charge in [-0.05, 0) is 0 Å². The van der Waals surface area contributed by atoms with Crippen LogP contribution in [-0.4, -0.2) is 51.3 Å². The summed E-state index contributed by atoms with van der Waals surface area (Å²) < 4.78 is 17.7. The zero-order valence-electron chi connectivity index (χ0n) is 8.14. The van der Waals surface area contributed by atoms with Crippen LogP contribution in [0.1, 0.15) is 0 Å². The van der Waals surface area contributed by atoms with Crippen LogP contribution in [0.25, 0.3) is 0 Å². The molecule has 0 aliphatic heterocycles. The third kappa shape index (κ3) is 5.58. The lowest BCUT2D eigenvalue weighted by molar-refractivity contribution is -0.164. The van der Waals surface area contributed by atoms with E-state index in [1.807, 2.05) is 0 Å². The highest BCUT2D eigenvalue weighted by atomic mass is 16.6. The van der Waals surface area contributed by atoms with E-state index in [1.54, 1.807) is 0 Å². The van der Waals surface area contributed by atoms with Gasteiger partial charge in [-0.15, -0.1) is 0 Å². The zero-order chi connectivity index (χ0) is 12.2. The molecular formula is C8H10O8. The van der Waals surface area contributed by atoms with Gasteiger partial charge < -0.3 is 18.9 Å². The predicted octanol–water partition coefficient (Wildman–Crippen LogP) is -1.58. The molecule has 8 nitrogen and oxygen atoms in total. The molecule has 0 heterocycles. The van der Waals surface area contributed by atoms with Crippen molar-refractivity contribution < 1.29 is 38.1 Å². The zero-order valence-corrected chi connectivity index (χ0v) is 8.14. The van der Waals surface area contributed by atoms with E-state index in [-0.39, 0.29) is 39.1 Å². The maximum absolute atomic E-state index is 10.1. The van der Waals surface area contributed by atoms with Gasteiger partial charge in [0.15, 0.2) is 12.2 Å². The summed E-state index contributed by atoms with van der Waals surface area (Å²) in [6.07, 6.45) is -2.07. The van der Waals surface area contributed by atoms with Crippen molar-refractivity contribution in [2.24, 2.45) is 0 Å². The van der Waals surface area contributed by atoms with E-state index in [9.17, 15) is 19.2 Å². The number of ether oxygens (including phenoxy) is 4. The van der Waals surface area contributed by atoms with Gasteiger partial charge in [-0.1, -0.05) is 0 Å². The maximum Gasteiger partial charge on any atom is 0.293 e. The van der Waals surface area contributed by atoms with Gasteiger partial charge in [-0.2, -0.15) is 0 Å². The van der Waals surface area contributed by atoms with Crippen LogP contribution in [0.3, 0.4) is 0 Å². The summed E-state index contributed by atoms with van der Waals surface area (Å²) in [6, 6.07) is 0. The van der Waals surface area contributed by atoms with Crippen LogP contribution in [0, 0.1) is 0 Å². The molecule has 0 aliphatic carbocycles. The molecule has 2 unspecified atom stereocenters. The van der Waals surface area contributed by atoms with Crippen LogP contribution >= 0.6 is 0 Å². The predicted molar refractivity (Wildman–Crippen MR) is 45.9 cm³/mol. The normalized spacial score (nSPS) is 12.8. The second-order valence-electron chi connectivity index (χ2n) is 2.40. The Morgan fingerprint density at radius 1 is 0.688 bits per heavy atom. The van der Waals surface area contributed by atoms with Crippen molar-refractivity contribution in [3.05, 3.63) is 0 Å². The molecule has 0 saturated heterocycles. The second-order valence-corrected chi connectivity index (χ2v) is 2.40. The molecule has 0 rings (SSSR count). The van der Waals surface area contributed by atoms with Gasteiger partial charge in [0.1, 0.15) is 13.2 Å². The topological polar surface area (TPSA) is 105 Å². The fourth-order valence-electron chi connectivity index (χ4n) is 0.879. The standard InChI is InChI=1S/C8H10O8/c9-3-13-1-7(15-5-11)8(16-6-12)2-14-4-10/h3-8H,1-2H2. The summed E-state index contributed by atoms with van der Waals surface area (Å²) in [4.78, 5) is 40.2. The minimum Gasteiger partial charge on any atom is -0.464 e. The summed E-state index contributed by atoms with van der Waals surface area (Å²) in [5.74, 6) is 0. The lowest BCUT2D eigenvalue weighted by Crippen LogP contribution is -2.38. The Morgan fingerprint density at radius 2 is 1.06 bits per heavy atom. The third-order valence-corrected chi connectivity index (χ3v) is 1.53. The molecule has 0 aromatic heterocycles. The Bertz CT molecular complexity index is 204. The molecule has 0 amide bonds. The fraction of sp³-hybridized carbons (Fsp3) is 0.500. The molecule has 90 valence electrons. The summed E-state index contributed by atoms with van der Waals surface area (Å²) in [6.45, 7) is -0.160. The first-order chi connectivity index (χ1) is 7.79. The third-order valence-electron chi connectivity index (χ3n) is 1.53. The van der Waals surface area contributed by atoms with Crippen molar-refractivity contribution >= 4 is 25.9 Å². The van der Waals surface area contributed by atoms with Crippen molar-refractivity contribution in [1.29, 1.82) is 0 Å². The molecule has 0 aliphatic rings. The van der Waals surface area contributed by atoms with Crippen molar-refractivity contribution in [1.82, 2.24) is 0 Å². The van der Waals surface area contributed by atoms with E-state index in [0.29, 0.717) is 0 Å². The monoisotopic (exact) mass is 234 g/mol. The van der Waals surface area contributed by atoms with Crippen LogP contribution in [0.15, 0.2) is 0 Å². The molecule has 0 spiro atoms. The van der Waals surface area contributed by atoms with Gasteiger partial charge in [-0.25, -0.2) is 0 Å². The Kier molecular flexibility index (Phi) is 8.19. The molecule has 0 aromatic rings. The largest absolute Gasteiger partial charge is 0.464 e. The average molecular weight is 234 g/mol. The molecular weight excluding hydrogens is 224 g/mol. The number of rotatable bonds is 11. The molecule has 16 heavy (non-hydrogen) atoms. The van der Waals surface area contributed by atoms with Gasteiger partial charge in [0.25, 0.3) is 25.9 Å². The van der Waals surface area contributed by atoms with Crippen LogP contribution in [0.5, 0.6) is 0 Å². The van der Waals surface area contributed by atoms with Crippen LogP contribution in [0.2, 0.25) is 0 Å². The molecule has 0 aromatic carbocycles. The minimum absolute atomic E-state index is 0.0981. The molecule has 0 N–H and O–H groups in total. The first kappa shape index (κ1) is 13.9. The first-order valence-electron chi connectivity index (χ1n) is 4.08. The Morgan fingerprint density at radius 3 is 1.31 bits per heavy atom. The van der Waals surface area contributed by atoms with Crippen LogP contribution < -0.4 is 0 Å². The van der Waals surface area contributed by atoms with Crippen LogP contribution in [-0.2, 0) is 38.1 Å². The highest BCUT2D eigenvalue weighted by Crippen LogP contribution is 2.04. The Labute approximate surface area is 90.4 Å². The fourth-order valence-corrected chi connectivity index (χ4v) is 0.879. The minimum atomic E-state index is -1.03. The summed E-state index contributed by atoms with van der Waals surface area (Å²) in [5, 5.41) is 0. The van der Waals surface area contributed by atoms with E-state index < -0.39 is 12.2 Å². The van der Waals surface area contributed by atoms with Crippen molar-refractivity contribution in [2.75, 3.05) is 13.2 Å². The smallest absolute Gasteiger partial charge is 0.293 e. The van der Waals surface area contributed by atoms with Gasteiger partial charge >= 0.3 is 0 Å². The number of carbonyl (C=O) groups excluding carboxylic acids is 4. The highest BCUT2D eigenvalue weighted by Gasteiger charge is 2.26. The van der Waals surface area contributed by atoms with E-state index in [1.165, 1.54) is 0 Å². The lowest BCUT2D eigenvalue weighted by Gasteiger charge is -2.21. The van der Waals surface area contributed by atoms with Crippen LogP contribution in [0.4, 0.5) is 0 Å². The summed E-state index contributed by atoms with van der Waals surface area (Å²) in [5.41, 5.74) is 0. The average Bonchev–Trinajstić information content (AvgIpc) is 2.30. The quantitative estimate of drug-likeness (QED) is 0.311. The van der Waals surface area contributed by atoms with E-state index >= 15 is 0 Å². The molecule has 2 atom stereocenters. The van der Waals surface area contributed by atoms with E-state index in [4.69, 9.17) is 0 Å². The number of hydrogen-bond acceptors (Lipinski definition) is 8. The van der Waals surface area contributed by atoms with E-state index in [0.717, 1.165) is 0 Å². The lowest BCUT2D eigenvalue weighted by atomic mass is 10.2. The highest BCUT2D eigenvalue weighted by molar-refractivity contribution is 5.41. The Hall–Kier alpha value is -2.12. The molecule has 0 radical (unpaired) electrons. The number of carbonyl (C=O) groups is 4. The first-order valence-corrected chi connectivity index (χ1v) is 4.08. The van der Waals surface area contributed by atoms with Crippen molar-refractivity contribution in [3.8, 4) is 0 Å². The summed E-state index contributed by atoms with van der Waals surface area (Å²) in [7, 11) is 0.